The molecule has 1 unspecified atom stereocenters. The first-order chi connectivity index (χ1) is 6.20. The van der Waals surface area contributed by atoms with Crippen molar-refractivity contribution in [1.82, 2.24) is 0 Å². The molecule has 0 bridgehead atoms. The van der Waals surface area contributed by atoms with Crippen molar-refractivity contribution in [2.45, 2.75) is 25.3 Å². The minimum atomic E-state index is -2.49. The van der Waals surface area contributed by atoms with Crippen LogP contribution >= 0.6 is 0 Å². The molecule has 0 saturated carbocycles. The molecule has 0 aromatic carbocycles. The number of nitrogens with two attached hydrogens (primary N) is 1. The fraction of sp³-hybridized carbons (Fsp3) is 1.00. The molecule has 0 aromatic heterocycles. The largest absolute Gasteiger partial charge is 0.504 e. The molecule has 0 aliphatic carbocycles. The van der Waals surface area contributed by atoms with Crippen LogP contribution in [0.3, 0.4) is 0 Å². The minimum Gasteiger partial charge on any atom is -0.377 e. The molecule has 0 rings (SSSR count). The fourth-order valence-corrected chi connectivity index (χ4v) is 3.97. The second kappa shape index (κ2) is 6.50. The molecule has 0 fully saturated rings. The highest BCUT2D eigenvalue weighted by molar-refractivity contribution is 6.62. The number of hydrogen-bond donors (Lipinski definition) is 1. The highest BCUT2D eigenvalue weighted by Gasteiger charge is 2.45. The third-order valence-corrected chi connectivity index (χ3v) is 5.51. The van der Waals surface area contributed by atoms with Crippen LogP contribution in [0.2, 0.25) is 5.54 Å². The van der Waals surface area contributed by atoms with Crippen molar-refractivity contribution >= 4 is 8.80 Å². The molecule has 0 aromatic rings. The van der Waals surface area contributed by atoms with Crippen LogP contribution in [0.25, 0.3) is 0 Å². The second-order valence-corrected chi connectivity index (χ2v) is 6.19. The molecule has 0 saturated heterocycles. The Labute approximate surface area is 81.7 Å². The maximum absolute atomic E-state index is 5.67. The summed E-state index contributed by atoms with van der Waals surface area (Å²) in [6.07, 6.45) is 2.05. The lowest BCUT2D eigenvalue weighted by Crippen LogP contribution is -2.50. The van der Waals surface area contributed by atoms with E-state index in [1.807, 2.05) is 0 Å². The smallest absolute Gasteiger partial charge is 0.377 e. The Balaban J connectivity index is 4.45. The molecule has 13 heavy (non-hydrogen) atoms. The first-order valence-electron chi connectivity index (χ1n) is 4.56. The summed E-state index contributed by atoms with van der Waals surface area (Å²) in [6, 6.07) is 0. The molecule has 0 radical (unpaired) electrons. The predicted octanol–water partition coefficient (Wildman–Crippen LogP) is 0.993. The topological polar surface area (TPSA) is 53.7 Å². The molecule has 5 heteroatoms. The molecule has 2 N–H and O–H groups in total. The fourth-order valence-electron chi connectivity index (χ4n) is 1.54. The molecule has 1 atom stereocenters. The molecule has 0 aliphatic rings. The summed E-state index contributed by atoms with van der Waals surface area (Å²) >= 11 is 0. The van der Waals surface area contributed by atoms with Gasteiger partial charge in [0.15, 0.2) is 0 Å². The normalized spacial score (nSPS) is 14.5. The molecule has 80 valence electrons. The van der Waals surface area contributed by atoms with Crippen LogP contribution in [0.4, 0.5) is 0 Å². The average molecular weight is 207 g/mol. The second-order valence-electron chi connectivity index (χ2n) is 2.94. The van der Waals surface area contributed by atoms with E-state index in [-0.39, 0.29) is 5.54 Å². The average Bonchev–Trinajstić information content (AvgIpc) is 2.19. The van der Waals surface area contributed by atoms with Crippen molar-refractivity contribution in [3.63, 3.8) is 0 Å². The van der Waals surface area contributed by atoms with Gasteiger partial charge in [-0.3, -0.25) is 0 Å². The molecule has 0 spiro atoms. The van der Waals surface area contributed by atoms with Gasteiger partial charge in [-0.25, -0.2) is 0 Å². The van der Waals surface area contributed by atoms with E-state index in [2.05, 4.69) is 6.92 Å². The van der Waals surface area contributed by atoms with Gasteiger partial charge < -0.3 is 19.0 Å². The number of rotatable bonds is 7. The summed E-state index contributed by atoms with van der Waals surface area (Å²) in [7, 11) is 2.37. The van der Waals surface area contributed by atoms with Gasteiger partial charge in [0.25, 0.3) is 0 Å². The summed E-state index contributed by atoms with van der Waals surface area (Å²) < 4.78 is 16.1. The SMILES string of the molecule is CCCC(CN)[Si](OC)(OC)OC. The van der Waals surface area contributed by atoms with E-state index in [1.54, 1.807) is 21.3 Å². The van der Waals surface area contributed by atoms with Crippen molar-refractivity contribution in [2.75, 3.05) is 27.9 Å². The Bertz CT molecular complexity index is 122. The van der Waals surface area contributed by atoms with Gasteiger partial charge in [0.05, 0.1) is 0 Å². The van der Waals surface area contributed by atoms with Crippen molar-refractivity contribution in [3.05, 3.63) is 0 Å². The van der Waals surface area contributed by atoms with Gasteiger partial charge in [0.1, 0.15) is 0 Å². The van der Waals surface area contributed by atoms with Crippen molar-refractivity contribution < 1.29 is 13.3 Å². The van der Waals surface area contributed by atoms with Crippen LogP contribution in [0.5, 0.6) is 0 Å². The van der Waals surface area contributed by atoms with Gasteiger partial charge in [-0.2, -0.15) is 0 Å². The van der Waals surface area contributed by atoms with E-state index in [0.29, 0.717) is 6.54 Å². The lowest BCUT2D eigenvalue weighted by Gasteiger charge is -2.31. The highest BCUT2D eigenvalue weighted by atomic mass is 28.4. The van der Waals surface area contributed by atoms with E-state index in [9.17, 15) is 0 Å². The van der Waals surface area contributed by atoms with E-state index in [1.165, 1.54) is 0 Å². The van der Waals surface area contributed by atoms with Gasteiger partial charge in [-0.05, 0) is 13.0 Å². The van der Waals surface area contributed by atoms with Gasteiger partial charge in [0.2, 0.25) is 0 Å². The van der Waals surface area contributed by atoms with Crippen LogP contribution in [0.1, 0.15) is 19.8 Å². The van der Waals surface area contributed by atoms with E-state index < -0.39 is 8.80 Å². The van der Waals surface area contributed by atoms with E-state index >= 15 is 0 Å². The number of hydrogen-bond acceptors (Lipinski definition) is 4. The minimum absolute atomic E-state index is 0.206. The van der Waals surface area contributed by atoms with Gasteiger partial charge >= 0.3 is 8.80 Å². The molecular formula is C8H21NO3Si. The van der Waals surface area contributed by atoms with Crippen molar-refractivity contribution in [1.29, 1.82) is 0 Å². The van der Waals surface area contributed by atoms with Crippen LogP contribution in [-0.2, 0) is 13.3 Å². The summed E-state index contributed by atoms with van der Waals surface area (Å²) in [5.74, 6) is 0. The third-order valence-electron chi connectivity index (χ3n) is 2.28. The monoisotopic (exact) mass is 207 g/mol. The zero-order valence-electron chi connectivity index (χ0n) is 9.00. The zero-order valence-corrected chi connectivity index (χ0v) is 10.0. The molecule has 0 aliphatic heterocycles. The summed E-state index contributed by atoms with van der Waals surface area (Å²) in [5, 5.41) is 0. The van der Waals surface area contributed by atoms with Crippen LogP contribution in [-0.4, -0.2) is 36.7 Å². The third kappa shape index (κ3) is 3.03. The standard InChI is InChI=1S/C8H21NO3Si/c1-5-6-8(7-9)13(10-2,11-3)12-4/h8H,5-7,9H2,1-4H3. The molecular weight excluding hydrogens is 186 g/mol. The molecule has 4 nitrogen and oxygen atoms in total. The summed E-state index contributed by atoms with van der Waals surface area (Å²) in [6.45, 7) is 2.67. The zero-order chi connectivity index (χ0) is 10.3. The first kappa shape index (κ1) is 13.1. The van der Waals surface area contributed by atoms with Crippen molar-refractivity contribution in [3.8, 4) is 0 Å². The molecule has 0 heterocycles. The van der Waals surface area contributed by atoms with Crippen LogP contribution in [0.15, 0.2) is 0 Å². The summed E-state index contributed by atoms with van der Waals surface area (Å²) in [4.78, 5) is 0. The summed E-state index contributed by atoms with van der Waals surface area (Å²) in [5.41, 5.74) is 5.87. The van der Waals surface area contributed by atoms with Crippen LogP contribution in [0, 0.1) is 0 Å². The van der Waals surface area contributed by atoms with Gasteiger partial charge in [0, 0.05) is 26.9 Å². The van der Waals surface area contributed by atoms with Gasteiger partial charge in [-0.1, -0.05) is 13.3 Å². The van der Waals surface area contributed by atoms with Gasteiger partial charge in [-0.15, -0.1) is 0 Å². The maximum Gasteiger partial charge on any atom is 0.504 e. The Kier molecular flexibility index (Phi) is 6.53. The van der Waals surface area contributed by atoms with Crippen LogP contribution < -0.4 is 5.73 Å². The van der Waals surface area contributed by atoms with Crippen molar-refractivity contribution in [2.24, 2.45) is 5.73 Å². The Hall–Kier alpha value is 0.0569. The highest BCUT2D eigenvalue weighted by Crippen LogP contribution is 2.27. The predicted molar refractivity (Wildman–Crippen MR) is 54.5 cm³/mol. The quantitative estimate of drug-likeness (QED) is 0.633. The Morgan fingerprint density at radius 1 is 1.15 bits per heavy atom. The first-order valence-corrected chi connectivity index (χ1v) is 6.36. The van der Waals surface area contributed by atoms with E-state index in [4.69, 9.17) is 19.0 Å². The lowest BCUT2D eigenvalue weighted by molar-refractivity contribution is 0.110. The lowest BCUT2D eigenvalue weighted by atomic mass is 10.2. The van der Waals surface area contributed by atoms with E-state index in [0.717, 1.165) is 12.8 Å². The Morgan fingerprint density at radius 2 is 1.62 bits per heavy atom. The Morgan fingerprint density at radius 3 is 1.85 bits per heavy atom. The maximum atomic E-state index is 5.67. The molecule has 0 amide bonds.